The molecule has 1 N–H and O–H groups in total. The molecule has 30 heavy (non-hydrogen) atoms. The first-order valence-corrected chi connectivity index (χ1v) is 10.8. The van der Waals surface area contributed by atoms with Gasteiger partial charge in [-0.25, -0.2) is 13.2 Å². The zero-order chi connectivity index (χ0) is 21.1. The smallest absolute Gasteiger partial charge is 0.338 e. The van der Waals surface area contributed by atoms with Crippen molar-refractivity contribution in [3.8, 4) is 11.5 Å². The highest BCUT2D eigenvalue weighted by atomic mass is 32.2. The Balaban J connectivity index is 1.35. The lowest BCUT2D eigenvalue weighted by atomic mass is 10.2. The van der Waals surface area contributed by atoms with Crippen molar-refractivity contribution >= 4 is 27.6 Å². The summed E-state index contributed by atoms with van der Waals surface area (Å²) in [5.41, 5.74) is 0.533. The van der Waals surface area contributed by atoms with Crippen molar-refractivity contribution < 1.29 is 32.2 Å². The van der Waals surface area contributed by atoms with Crippen LogP contribution in [0.2, 0.25) is 0 Å². The predicted molar refractivity (Wildman–Crippen MR) is 106 cm³/mol. The number of nitrogens with one attached hydrogen (secondary N) is 1. The number of benzene rings is 2. The second kappa shape index (κ2) is 8.33. The number of hydrogen-bond acceptors (Lipinski definition) is 7. The average Bonchev–Trinajstić information content (AvgIpc) is 3.43. The van der Waals surface area contributed by atoms with E-state index >= 15 is 0 Å². The van der Waals surface area contributed by atoms with Crippen LogP contribution in [0.1, 0.15) is 23.2 Å². The number of nitrogens with zero attached hydrogens (tertiary/aromatic N) is 1. The Kier molecular flexibility index (Phi) is 5.60. The van der Waals surface area contributed by atoms with Crippen molar-refractivity contribution in [3.63, 3.8) is 0 Å². The van der Waals surface area contributed by atoms with Crippen LogP contribution in [0.15, 0.2) is 47.4 Å². The second-order valence-electron chi connectivity index (χ2n) is 6.83. The van der Waals surface area contributed by atoms with E-state index in [0.29, 0.717) is 30.3 Å². The minimum Gasteiger partial charge on any atom is -0.454 e. The van der Waals surface area contributed by atoms with Gasteiger partial charge in [0.25, 0.3) is 5.91 Å². The van der Waals surface area contributed by atoms with Crippen LogP contribution in [0.5, 0.6) is 11.5 Å². The van der Waals surface area contributed by atoms with Crippen molar-refractivity contribution in [2.45, 2.75) is 17.7 Å². The van der Waals surface area contributed by atoms with Crippen LogP contribution < -0.4 is 14.8 Å². The molecule has 0 bridgehead atoms. The summed E-state index contributed by atoms with van der Waals surface area (Å²) >= 11 is 0. The molecule has 0 saturated carbocycles. The zero-order valence-electron chi connectivity index (χ0n) is 16.0. The Hall–Kier alpha value is -3.11. The van der Waals surface area contributed by atoms with Gasteiger partial charge in [-0.1, -0.05) is 6.07 Å². The molecular formula is C20H20N2O7S. The molecule has 4 rings (SSSR count). The van der Waals surface area contributed by atoms with Gasteiger partial charge in [0.05, 0.1) is 10.5 Å². The summed E-state index contributed by atoms with van der Waals surface area (Å²) in [6.45, 7) is 0.558. The molecule has 2 aliphatic heterocycles. The molecular weight excluding hydrogens is 412 g/mol. The number of carbonyl (C=O) groups excluding carboxylic acids is 2. The van der Waals surface area contributed by atoms with Gasteiger partial charge in [0.2, 0.25) is 16.8 Å². The van der Waals surface area contributed by atoms with Crippen LogP contribution >= 0.6 is 0 Å². The molecule has 2 aliphatic rings. The number of ether oxygens (including phenoxy) is 3. The molecule has 1 saturated heterocycles. The standard InChI is InChI=1S/C20H20N2O7S/c23-19(12-27-20(24)14-6-7-17-18(10-14)29-13-28-17)21-15-4-3-5-16(11-15)30(25,26)22-8-1-2-9-22/h3-7,10-11H,1-2,8-9,12-13H2,(H,21,23). The molecule has 0 spiro atoms. The van der Waals surface area contributed by atoms with Gasteiger partial charge >= 0.3 is 5.97 Å². The van der Waals surface area contributed by atoms with E-state index in [4.69, 9.17) is 14.2 Å². The van der Waals surface area contributed by atoms with Gasteiger partial charge in [0.1, 0.15) is 0 Å². The van der Waals surface area contributed by atoms with Gasteiger partial charge in [-0.3, -0.25) is 4.79 Å². The molecule has 1 amide bonds. The lowest BCUT2D eigenvalue weighted by Gasteiger charge is -2.16. The van der Waals surface area contributed by atoms with E-state index < -0.39 is 28.5 Å². The molecule has 158 valence electrons. The fraction of sp³-hybridized carbons (Fsp3) is 0.300. The summed E-state index contributed by atoms with van der Waals surface area (Å²) in [6.07, 6.45) is 1.68. The van der Waals surface area contributed by atoms with Gasteiger partial charge < -0.3 is 19.5 Å². The maximum atomic E-state index is 12.6. The van der Waals surface area contributed by atoms with Crippen LogP contribution in [0, 0.1) is 0 Å². The van der Waals surface area contributed by atoms with Gasteiger partial charge in [0, 0.05) is 18.8 Å². The monoisotopic (exact) mass is 432 g/mol. The Morgan fingerprint density at radius 2 is 1.80 bits per heavy atom. The number of hydrogen-bond donors (Lipinski definition) is 1. The number of rotatable bonds is 6. The van der Waals surface area contributed by atoms with Gasteiger partial charge in [-0.15, -0.1) is 0 Å². The first-order valence-electron chi connectivity index (χ1n) is 9.40. The van der Waals surface area contributed by atoms with E-state index in [9.17, 15) is 18.0 Å². The molecule has 1 fully saturated rings. The maximum Gasteiger partial charge on any atom is 0.338 e. The molecule has 0 atom stereocenters. The van der Waals surface area contributed by atoms with E-state index in [2.05, 4.69) is 5.32 Å². The Morgan fingerprint density at radius 1 is 1.03 bits per heavy atom. The number of esters is 1. The molecule has 0 radical (unpaired) electrons. The van der Waals surface area contributed by atoms with E-state index in [1.807, 2.05) is 0 Å². The summed E-state index contributed by atoms with van der Waals surface area (Å²) in [4.78, 5) is 24.4. The topological polar surface area (TPSA) is 111 Å². The van der Waals surface area contributed by atoms with Crippen LogP contribution in [-0.2, 0) is 19.6 Å². The fourth-order valence-electron chi connectivity index (χ4n) is 3.25. The van der Waals surface area contributed by atoms with Gasteiger partial charge in [0.15, 0.2) is 18.1 Å². The van der Waals surface area contributed by atoms with Crippen molar-refractivity contribution in [2.75, 3.05) is 31.8 Å². The zero-order valence-corrected chi connectivity index (χ0v) is 16.8. The average molecular weight is 432 g/mol. The minimum atomic E-state index is -3.59. The Morgan fingerprint density at radius 3 is 2.60 bits per heavy atom. The van der Waals surface area contributed by atoms with Crippen molar-refractivity contribution in [3.05, 3.63) is 48.0 Å². The van der Waals surface area contributed by atoms with E-state index in [0.717, 1.165) is 12.8 Å². The lowest BCUT2D eigenvalue weighted by Crippen LogP contribution is -2.28. The molecule has 2 aromatic rings. The summed E-state index contributed by atoms with van der Waals surface area (Å²) < 4.78 is 42.1. The number of sulfonamides is 1. The summed E-state index contributed by atoms with van der Waals surface area (Å²) in [7, 11) is -3.59. The predicted octanol–water partition coefficient (Wildman–Crippen LogP) is 2.00. The van der Waals surface area contributed by atoms with E-state index in [-0.39, 0.29) is 17.3 Å². The fourth-order valence-corrected chi connectivity index (χ4v) is 4.81. The van der Waals surface area contributed by atoms with Gasteiger partial charge in [-0.05, 0) is 49.2 Å². The van der Waals surface area contributed by atoms with E-state index in [1.54, 1.807) is 18.2 Å². The van der Waals surface area contributed by atoms with Crippen molar-refractivity contribution in [1.82, 2.24) is 4.31 Å². The number of amides is 1. The highest BCUT2D eigenvalue weighted by Gasteiger charge is 2.27. The first kappa shape index (κ1) is 20.2. The molecule has 0 aromatic heterocycles. The maximum absolute atomic E-state index is 12.6. The minimum absolute atomic E-state index is 0.0861. The largest absolute Gasteiger partial charge is 0.454 e. The highest BCUT2D eigenvalue weighted by Crippen LogP contribution is 2.32. The number of fused-ring (bicyclic) bond motifs is 1. The van der Waals surface area contributed by atoms with Crippen molar-refractivity contribution in [2.24, 2.45) is 0 Å². The molecule has 9 nitrogen and oxygen atoms in total. The van der Waals surface area contributed by atoms with E-state index in [1.165, 1.54) is 28.6 Å². The molecule has 2 heterocycles. The molecule has 0 aliphatic carbocycles. The van der Waals surface area contributed by atoms with Gasteiger partial charge in [-0.2, -0.15) is 4.31 Å². The lowest BCUT2D eigenvalue weighted by molar-refractivity contribution is -0.119. The molecule has 2 aromatic carbocycles. The SMILES string of the molecule is O=C(COC(=O)c1ccc2c(c1)OCO2)Nc1cccc(S(=O)(=O)N2CCCC2)c1. The Bertz CT molecular complexity index is 1080. The third-order valence-electron chi connectivity index (χ3n) is 4.76. The van der Waals surface area contributed by atoms with Crippen LogP contribution in [0.4, 0.5) is 5.69 Å². The summed E-state index contributed by atoms with van der Waals surface area (Å²) in [6, 6.07) is 10.6. The number of carbonyl (C=O) groups is 2. The van der Waals surface area contributed by atoms with Crippen LogP contribution in [0.25, 0.3) is 0 Å². The second-order valence-corrected chi connectivity index (χ2v) is 8.77. The van der Waals surface area contributed by atoms with Crippen LogP contribution in [0.3, 0.4) is 0 Å². The summed E-state index contributed by atoms with van der Waals surface area (Å²) in [5, 5.41) is 2.55. The third kappa shape index (κ3) is 4.24. The third-order valence-corrected chi connectivity index (χ3v) is 6.66. The number of anilines is 1. The molecule has 0 unspecified atom stereocenters. The molecule has 10 heteroatoms. The quantitative estimate of drug-likeness (QED) is 0.695. The first-order chi connectivity index (χ1) is 14.4. The Labute approximate surface area is 173 Å². The summed E-state index contributed by atoms with van der Waals surface area (Å²) in [5.74, 6) is -0.299. The normalized spacial score (nSPS) is 15.7. The highest BCUT2D eigenvalue weighted by molar-refractivity contribution is 7.89. The van der Waals surface area contributed by atoms with Crippen LogP contribution in [-0.4, -0.2) is 51.1 Å². The van der Waals surface area contributed by atoms with Crippen molar-refractivity contribution in [1.29, 1.82) is 0 Å².